The average molecular weight is 610 g/mol. The van der Waals surface area contributed by atoms with Crippen LogP contribution < -0.4 is 0 Å². The molecule has 2 aliphatic carbocycles. The van der Waals surface area contributed by atoms with Gasteiger partial charge in [-0.05, 0) is 68.8 Å². The van der Waals surface area contributed by atoms with E-state index in [1.165, 1.54) is 55.3 Å². The molecule has 0 atom stereocenters. The van der Waals surface area contributed by atoms with Crippen molar-refractivity contribution in [1.29, 1.82) is 0 Å². The first-order valence-corrected chi connectivity index (χ1v) is 16.5. The molecule has 0 bridgehead atoms. The second-order valence-electron chi connectivity index (χ2n) is 12.9. The molecule has 48 heavy (non-hydrogen) atoms. The monoisotopic (exact) mass is 609 g/mol. The zero-order chi connectivity index (χ0) is 31.4. The molecular weight excluding hydrogens is 583 g/mol. The lowest BCUT2D eigenvalue weighted by Gasteiger charge is -2.30. The van der Waals surface area contributed by atoms with E-state index >= 15 is 0 Å². The maximum Gasteiger partial charge on any atom is 0.235 e. The van der Waals surface area contributed by atoms with Gasteiger partial charge in [0.15, 0.2) is 0 Å². The van der Waals surface area contributed by atoms with Gasteiger partial charge in [-0.3, -0.25) is 4.57 Å². The average Bonchev–Trinajstić information content (AvgIpc) is 3.75. The van der Waals surface area contributed by atoms with Crippen molar-refractivity contribution in [1.82, 2.24) is 14.5 Å². The topological polar surface area (TPSA) is 30.7 Å². The molecule has 9 aromatic rings. The number of para-hydroxylation sites is 2. The van der Waals surface area contributed by atoms with Gasteiger partial charge >= 0.3 is 0 Å². The summed E-state index contributed by atoms with van der Waals surface area (Å²) in [5.41, 5.74) is 15.3. The van der Waals surface area contributed by atoms with E-state index in [1.54, 1.807) is 0 Å². The quantitative estimate of drug-likeness (QED) is 0.195. The highest BCUT2D eigenvalue weighted by molar-refractivity contribution is 6.12. The minimum absolute atomic E-state index is 0.392. The lowest BCUT2D eigenvalue weighted by Crippen LogP contribution is -2.25. The Balaban J connectivity index is 1.27. The van der Waals surface area contributed by atoms with Crippen LogP contribution in [0.15, 0.2) is 164 Å². The van der Waals surface area contributed by atoms with Crippen molar-refractivity contribution in [2.24, 2.45) is 0 Å². The molecule has 222 valence electrons. The normalized spacial score (nSPS) is 13.6. The number of nitrogens with zero attached hydrogens (tertiary/aromatic N) is 3. The van der Waals surface area contributed by atoms with Gasteiger partial charge in [-0.1, -0.05) is 140 Å². The van der Waals surface area contributed by atoms with Gasteiger partial charge in [0.25, 0.3) is 0 Å². The molecule has 7 aromatic carbocycles. The lowest BCUT2D eigenvalue weighted by molar-refractivity contribution is 0.795. The molecular formula is C45H27N3. The highest BCUT2D eigenvalue weighted by Gasteiger charge is 2.51. The molecule has 3 nitrogen and oxygen atoms in total. The van der Waals surface area contributed by atoms with Crippen LogP contribution >= 0.6 is 0 Å². The van der Waals surface area contributed by atoms with E-state index in [0.29, 0.717) is 5.95 Å². The summed E-state index contributed by atoms with van der Waals surface area (Å²) in [6.07, 6.45) is 0. The van der Waals surface area contributed by atoms with Crippen molar-refractivity contribution in [2.45, 2.75) is 5.41 Å². The smallest absolute Gasteiger partial charge is 0.235 e. The Morgan fingerprint density at radius 1 is 0.396 bits per heavy atom. The zero-order valence-corrected chi connectivity index (χ0v) is 25.9. The van der Waals surface area contributed by atoms with Gasteiger partial charge in [-0.2, -0.15) is 0 Å². The fourth-order valence-electron chi connectivity index (χ4n) is 8.75. The molecule has 11 rings (SSSR count). The molecule has 3 heteroatoms. The van der Waals surface area contributed by atoms with Crippen LogP contribution in [0.2, 0.25) is 0 Å². The maximum absolute atomic E-state index is 5.33. The number of rotatable bonds is 2. The molecule has 1 spiro atoms. The summed E-state index contributed by atoms with van der Waals surface area (Å²) in [5, 5.41) is 3.44. The van der Waals surface area contributed by atoms with Crippen LogP contribution in [-0.2, 0) is 5.41 Å². The summed E-state index contributed by atoms with van der Waals surface area (Å²) < 4.78 is 2.27. The lowest BCUT2D eigenvalue weighted by atomic mass is 9.70. The van der Waals surface area contributed by atoms with Crippen molar-refractivity contribution in [3.05, 3.63) is 186 Å². The van der Waals surface area contributed by atoms with Crippen LogP contribution in [-0.4, -0.2) is 14.5 Å². The van der Waals surface area contributed by atoms with Crippen LogP contribution in [0.4, 0.5) is 0 Å². The molecule has 0 N–H and O–H groups in total. The maximum atomic E-state index is 5.33. The Morgan fingerprint density at radius 2 is 0.958 bits per heavy atom. The molecule has 2 aliphatic rings. The van der Waals surface area contributed by atoms with E-state index in [-0.39, 0.29) is 0 Å². The Labute approximate surface area is 277 Å². The molecule has 0 fully saturated rings. The molecule has 0 saturated carbocycles. The predicted octanol–water partition coefficient (Wildman–Crippen LogP) is 10.7. The standard InChI is InChI=1S/C45H27N3/c1-2-14-28(15-3-1)43-33-20-7-12-24-40(33)46-44(47-43)48-41-25-13-8-19-32(41)35-26-39-34(27-42(35)48)31-18-6-11-23-38(31)45(39)36-21-9-4-16-29(36)30-17-5-10-22-37(30)45/h1-27H. The van der Waals surface area contributed by atoms with E-state index in [2.05, 4.69) is 162 Å². The van der Waals surface area contributed by atoms with Gasteiger partial charge < -0.3 is 0 Å². The van der Waals surface area contributed by atoms with Crippen molar-refractivity contribution in [3.63, 3.8) is 0 Å². The molecule has 0 radical (unpaired) electrons. The zero-order valence-electron chi connectivity index (χ0n) is 25.9. The van der Waals surface area contributed by atoms with E-state index in [0.717, 1.165) is 33.2 Å². The third kappa shape index (κ3) is 3.18. The fourth-order valence-corrected chi connectivity index (χ4v) is 8.75. The molecule has 2 aromatic heterocycles. The van der Waals surface area contributed by atoms with Gasteiger partial charge in [-0.25, -0.2) is 9.97 Å². The Bertz CT molecular complexity index is 2740. The van der Waals surface area contributed by atoms with Gasteiger partial charge in [0.05, 0.1) is 27.7 Å². The van der Waals surface area contributed by atoms with E-state index < -0.39 is 5.41 Å². The van der Waals surface area contributed by atoms with Crippen LogP contribution in [0, 0.1) is 0 Å². The van der Waals surface area contributed by atoms with Crippen LogP contribution in [0.5, 0.6) is 0 Å². The summed E-state index contributed by atoms with van der Waals surface area (Å²) in [7, 11) is 0. The summed E-state index contributed by atoms with van der Waals surface area (Å²) in [6.45, 7) is 0. The number of hydrogen-bond acceptors (Lipinski definition) is 2. The number of fused-ring (bicyclic) bond motifs is 14. The highest BCUT2D eigenvalue weighted by atomic mass is 15.2. The minimum Gasteiger partial charge on any atom is -0.278 e. The predicted molar refractivity (Wildman–Crippen MR) is 196 cm³/mol. The number of hydrogen-bond donors (Lipinski definition) is 0. The molecule has 0 amide bonds. The van der Waals surface area contributed by atoms with Crippen molar-refractivity contribution in [2.75, 3.05) is 0 Å². The van der Waals surface area contributed by atoms with Crippen molar-refractivity contribution >= 4 is 32.7 Å². The Kier molecular flexibility index (Phi) is 5.04. The van der Waals surface area contributed by atoms with Crippen molar-refractivity contribution in [3.8, 4) is 39.5 Å². The largest absolute Gasteiger partial charge is 0.278 e. The van der Waals surface area contributed by atoms with Crippen LogP contribution in [0.3, 0.4) is 0 Å². The third-order valence-electron chi connectivity index (χ3n) is 10.6. The summed E-state index contributed by atoms with van der Waals surface area (Å²) in [4.78, 5) is 10.6. The molecule has 0 aliphatic heterocycles. The third-order valence-corrected chi connectivity index (χ3v) is 10.6. The molecule has 2 heterocycles. The molecule has 0 unspecified atom stereocenters. The fraction of sp³-hybridized carbons (Fsp3) is 0.0222. The first-order valence-electron chi connectivity index (χ1n) is 16.5. The van der Waals surface area contributed by atoms with Crippen LogP contribution in [0.1, 0.15) is 22.3 Å². The summed E-state index contributed by atoms with van der Waals surface area (Å²) >= 11 is 0. The van der Waals surface area contributed by atoms with Crippen LogP contribution in [0.25, 0.3) is 72.2 Å². The number of benzene rings is 7. The first-order chi connectivity index (χ1) is 23.8. The van der Waals surface area contributed by atoms with E-state index in [9.17, 15) is 0 Å². The van der Waals surface area contributed by atoms with Gasteiger partial charge in [-0.15, -0.1) is 0 Å². The van der Waals surface area contributed by atoms with E-state index in [1.807, 2.05) is 6.07 Å². The summed E-state index contributed by atoms with van der Waals surface area (Å²) in [5.74, 6) is 0.677. The second-order valence-corrected chi connectivity index (χ2v) is 12.9. The minimum atomic E-state index is -0.392. The SMILES string of the molecule is c1ccc(-c2nc(-n3c4ccccc4c4cc5c(cc43)-c3ccccc3C53c4ccccc4-c4ccccc43)nc3ccccc23)cc1. The Morgan fingerprint density at radius 3 is 1.67 bits per heavy atom. The number of aromatic nitrogens is 3. The molecule has 0 saturated heterocycles. The Hall–Kier alpha value is -6.32. The van der Waals surface area contributed by atoms with Gasteiger partial charge in [0, 0.05) is 21.7 Å². The van der Waals surface area contributed by atoms with Gasteiger partial charge in [0.2, 0.25) is 5.95 Å². The second kappa shape index (κ2) is 9.37. The van der Waals surface area contributed by atoms with Crippen molar-refractivity contribution < 1.29 is 0 Å². The first kappa shape index (κ1) is 25.8. The van der Waals surface area contributed by atoms with Gasteiger partial charge in [0.1, 0.15) is 0 Å². The highest BCUT2D eigenvalue weighted by Crippen LogP contribution is 2.63. The van der Waals surface area contributed by atoms with E-state index in [4.69, 9.17) is 9.97 Å². The summed E-state index contributed by atoms with van der Waals surface area (Å²) in [6, 6.07) is 59.3.